The highest BCUT2D eigenvalue weighted by molar-refractivity contribution is 5.88. The molecule has 0 bridgehead atoms. The molecular formula is C22H21FN4O2. The van der Waals surface area contributed by atoms with Crippen LogP contribution in [0.5, 0.6) is 0 Å². The van der Waals surface area contributed by atoms with Crippen molar-refractivity contribution in [2.45, 2.75) is 32.9 Å². The Bertz CT molecular complexity index is 1150. The average molecular weight is 392 g/mol. The largest absolute Gasteiger partial charge is 0.419 e. The summed E-state index contributed by atoms with van der Waals surface area (Å²) >= 11 is 0. The number of nitrogens with zero attached hydrogens (tertiary/aromatic N) is 3. The fraction of sp³-hybridized carbons (Fsp3) is 0.227. The topological polar surface area (TPSA) is 73.0 Å². The predicted octanol–water partition coefficient (Wildman–Crippen LogP) is 4.27. The zero-order valence-corrected chi connectivity index (χ0v) is 16.2. The molecule has 0 saturated heterocycles. The van der Waals surface area contributed by atoms with Gasteiger partial charge in [0.1, 0.15) is 18.1 Å². The molecule has 0 aliphatic carbocycles. The summed E-state index contributed by atoms with van der Waals surface area (Å²) in [5.41, 5.74) is 2.43. The summed E-state index contributed by atoms with van der Waals surface area (Å²) in [4.78, 5) is 12.6. The van der Waals surface area contributed by atoms with Gasteiger partial charge in [-0.05, 0) is 29.8 Å². The molecule has 29 heavy (non-hydrogen) atoms. The molecule has 2 aromatic carbocycles. The third-order valence-corrected chi connectivity index (χ3v) is 4.67. The second-order valence-electron chi connectivity index (χ2n) is 7.18. The van der Waals surface area contributed by atoms with Crippen LogP contribution in [-0.2, 0) is 17.9 Å². The van der Waals surface area contributed by atoms with E-state index in [1.807, 2.05) is 48.7 Å². The van der Waals surface area contributed by atoms with Gasteiger partial charge in [0.25, 0.3) is 5.89 Å². The van der Waals surface area contributed by atoms with Gasteiger partial charge in [-0.2, -0.15) is 0 Å². The second kappa shape index (κ2) is 7.87. The summed E-state index contributed by atoms with van der Waals surface area (Å²) in [5.74, 6) is 0.589. The standard InChI is InChI=1S/C22H21FN4O2/c1-14(2)21-25-26-22(29-21)19-11-16-5-3-4-6-18(16)27(19)13-20(28)24-12-15-7-9-17(23)10-8-15/h3-11,14H,12-13H2,1-2H3,(H,24,28). The number of amides is 1. The highest BCUT2D eigenvalue weighted by atomic mass is 19.1. The maximum atomic E-state index is 13.0. The number of halogens is 1. The van der Waals surface area contributed by atoms with Crippen LogP contribution in [0.4, 0.5) is 4.39 Å². The minimum atomic E-state index is -0.302. The summed E-state index contributed by atoms with van der Waals surface area (Å²) in [7, 11) is 0. The highest BCUT2D eigenvalue weighted by Gasteiger charge is 2.19. The minimum absolute atomic E-state index is 0.101. The van der Waals surface area contributed by atoms with E-state index in [0.29, 0.717) is 24.0 Å². The maximum absolute atomic E-state index is 13.0. The smallest absolute Gasteiger partial charge is 0.264 e. The lowest BCUT2D eigenvalue weighted by atomic mass is 10.2. The van der Waals surface area contributed by atoms with Gasteiger partial charge >= 0.3 is 0 Å². The Morgan fingerprint density at radius 1 is 1.14 bits per heavy atom. The molecule has 0 fully saturated rings. The van der Waals surface area contributed by atoms with E-state index in [1.54, 1.807) is 12.1 Å². The molecule has 0 atom stereocenters. The van der Waals surface area contributed by atoms with Crippen molar-refractivity contribution in [2.75, 3.05) is 0 Å². The molecule has 0 spiro atoms. The van der Waals surface area contributed by atoms with Gasteiger partial charge in [-0.15, -0.1) is 10.2 Å². The number of hydrogen-bond donors (Lipinski definition) is 1. The van der Waals surface area contributed by atoms with Crippen LogP contribution in [0.25, 0.3) is 22.5 Å². The zero-order chi connectivity index (χ0) is 20.4. The molecule has 7 heteroatoms. The van der Waals surface area contributed by atoms with Gasteiger partial charge in [0, 0.05) is 23.4 Å². The van der Waals surface area contributed by atoms with E-state index in [9.17, 15) is 9.18 Å². The van der Waals surface area contributed by atoms with Crippen molar-refractivity contribution < 1.29 is 13.6 Å². The van der Waals surface area contributed by atoms with Crippen LogP contribution in [0, 0.1) is 5.82 Å². The van der Waals surface area contributed by atoms with Crippen molar-refractivity contribution >= 4 is 16.8 Å². The average Bonchev–Trinajstić information content (AvgIpc) is 3.33. The van der Waals surface area contributed by atoms with Crippen LogP contribution in [0.2, 0.25) is 0 Å². The Hall–Kier alpha value is -3.48. The summed E-state index contributed by atoms with van der Waals surface area (Å²) in [6.07, 6.45) is 0. The van der Waals surface area contributed by atoms with Crippen molar-refractivity contribution in [2.24, 2.45) is 0 Å². The van der Waals surface area contributed by atoms with Gasteiger partial charge in [0.05, 0.1) is 0 Å². The Labute approximate surface area is 167 Å². The molecule has 6 nitrogen and oxygen atoms in total. The van der Waals surface area contributed by atoms with Crippen LogP contribution in [0.1, 0.15) is 31.2 Å². The number of para-hydroxylation sites is 1. The van der Waals surface area contributed by atoms with E-state index < -0.39 is 0 Å². The lowest BCUT2D eigenvalue weighted by Crippen LogP contribution is -2.27. The highest BCUT2D eigenvalue weighted by Crippen LogP contribution is 2.28. The number of fused-ring (bicyclic) bond motifs is 1. The molecule has 0 radical (unpaired) electrons. The first-order valence-electron chi connectivity index (χ1n) is 9.44. The van der Waals surface area contributed by atoms with E-state index in [4.69, 9.17) is 4.42 Å². The molecule has 0 aliphatic rings. The van der Waals surface area contributed by atoms with Crippen LogP contribution >= 0.6 is 0 Å². The van der Waals surface area contributed by atoms with Gasteiger partial charge in [0.15, 0.2) is 0 Å². The van der Waals surface area contributed by atoms with E-state index in [2.05, 4.69) is 15.5 Å². The number of hydrogen-bond acceptors (Lipinski definition) is 4. The van der Waals surface area contributed by atoms with Crippen molar-refractivity contribution in [3.05, 3.63) is 71.9 Å². The fourth-order valence-electron chi connectivity index (χ4n) is 3.13. The fourth-order valence-corrected chi connectivity index (χ4v) is 3.13. The normalized spacial score (nSPS) is 11.3. The summed E-state index contributed by atoms with van der Waals surface area (Å²) < 4.78 is 20.7. The Kier molecular flexibility index (Phi) is 5.12. The number of benzene rings is 2. The van der Waals surface area contributed by atoms with Crippen LogP contribution in [-0.4, -0.2) is 20.7 Å². The molecule has 0 aliphatic heterocycles. The molecular weight excluding hydrogens is 371 g/mol. The summed E-state index contributed by atoms with van der Waals surface area (Å²) in [5, 5.41) is 12.1. The monoisotopic (exact) mass is 392 g/mol. The molecule has 1 amide bonds. The van der Waals surface area contributed by atoms with E-state index >= 15 is 0 Å². The van der Waals surface area contributed by atoms with E-state index in [-0.39, 0.29) is 24.2 Å². The first kappa shape index (κ1) is 18.9. The van der Waals surface area contributed by atoms with Crippen LogP contribution in [0.3, 0.4) is 0 Å². The van der Waals surface area contributed by atoms with E-state index in [0.717, 1.165) is 16.5 Å². The minimum Gasteiger partial charge on any atom is -0.419 e. The van der Waals surface area contributed by atoms with Crippen molar-refractivity contribution in [3.63, 3.8) is 0 Å². The molecule has 2 heterocycles. The first-order valence-corrected chi connectivity index (χ1v) is 9.44. The van der Waals surface area contributed by atoms with Crippen molar-refractivity contribution in [3.8, 4) is 11.6 Å². The van der Waals surface area contributed by atoms with E-state index in [1.165, 1.54) is 12.1 Å². The number of nitrogens with one attached hydrogen (secondary N) is 1. The number of rotatable bonds is 6. The second-order valence-corrected chi connectivity index (χ2v) is 7.18. The quantitative estimate of drug-likeness (QED) is 0.532. The lowest BCUT2D eigenvalue weighted by molar-refractivity contribution is -0.121. The van der Waals surface area contributed by atoms with Crippen LogP contribution < -0.4 is 5.32 Å². The van der Waals surface area contributed by atoms with Crippen LogP contribution in [0.15, 0.2) is 59.0 Å². The van der Waals surface area contributed by atoms with Gasteiger partial charge in [0.2, 0.25) is 11.8 Å². The third-order valence-electron chi connectivity index (χ3n) is 4.67. The molecule has 148 valence electrons. The first-order chi connectivity index (χ1) is 14.0. The maximum Gasteiger partial charge on any atom is 0.264 e. The molecule has 4 aromatic rings. The molecule has 0 saturated carbocycles. The summed E-state index contributed by atoms with van der Waals surface area (Å²) in [6, 6.07) is 15.8. The molecule has 4 rings (SSSR count). The number of aromatic nitrogens is 3. The number of carbonyl (C=O) groups excluding carboxylic acids is 1. The van der Waals surface area contributed by atoms with Crippen molar-refractivity contribution in [1.29, 1.82) is 0 Å². The SMILES string of the molecule is CC(C)c1nnc(-c2cc3ccccc3n2CC(=O)NCc2ccc(F)cc2)o1. The Morgan fingerprint density at radius 3 is 2.62 bits per heavy atom. The van der Waals surface area contributed by atoms with Gasteiger partial charge in [-0.3, -0.25) is 4.79 Å². The lowest BCUT2D eigenvalue weighted by Gasteiger charge is -2.10. The molecule has 0 unspecified atom stereocenters. The van der Waals surface area contributed by atoms with Gasteiger partial charge in [-0.1, -0.05) is 44.2 Å². The molecule has 1 N–H and O–H groups in total. The summed E-state index contributed by atoms with van der Waals surface area (Å²) in [6.45, 7) is 4.39. The zero-order valence-electron chi connectivity index (χ0n) is 16.2. The number of carbonyl (C=O) groups is 1. The third kappa shape index (κ3) is 4.03. The predicted molar refractivity (Wildman–Crippen MR) is 108 cm³/mol. The van der Waals surface area contributed by atoms with Gasteiger partial charge in [-0.25, -0.2) is 4.39 Å². The van der Waals surface area contributed by atoms with Gasteiger partial charge < -0.3 is 14.3 Å². The molecule has 2 aromatic heterocycles. The Balaban J connectivity index is 1.59. The van der Waals surface area contributed by atoms with Crippen molar-refractivity contribution in [1.82, 2.24) is 20.1 Å². The Morgan fingerprint density at radius 2 is 1.90 bits per heavy atom.